The summed E-state index contributed by atoms with van der Waals surface area (Å²) in [5.74, 6) is 0.0302. The number of fused-ring (bicyclic) bond motifs is 1. The van der Waals surface area contributed by atoms with Crippen LogP contribution in [0.4, 0.5) is 5.13 Å². The Hall–Kier alpha value is -1.82. The minimum Gasteiger partial charge on any atom is -0.497 e. The van der Waals surface area contributed by atoms with Crippen molar-refractivity contribution in [3.63, 3.8) is 0 Å². The standard InChI is InChI=1S/C14H16N2O3S/c1-19-9-5-6-10-12(8-9)20-14(15-10)16-7-3-2-4-11(16)13(17)18/h5-6,8,11H,2-4,7H2,1H3,(H,17,18). The van der Waals surface area contributed by atoms with Crippen LogP contribution >= 0.6 is 11.3 Å². The van der Waals surface area contributed by atoms with Crippen LogP contribution in [-0.2, 0) is 4.79 Å². The molecule has 1 unspecified atom stereocenters. The van der Waals surface area contributed by atoms with Crippen molar-refractivity contribution in [3.05, 3.63) is 18.2 Å². The van der Waals surface area contributed by atoms with Gasteiger partial charge in [-0.1, -0.05) is 11.3 Å². The minimum atomic E-state index is -0.762. The van der Waals surface area contributed by atoms with Crippen molar-refractivity contribution in [2.24, 2.45) is 0 Å². The van der Waals surface area contributed by atoms with E-state index in [0.717, 1.165) is 40.5 Å². The highest BCUT2D eigenvalue weighted by molar-refractivity contribution is 7.22. The summed E-state index contributed by atoms with van der Waals surface area (Å²) in [4.78, 5) is 17.9. The van der Waals surface area contributed by atoms with Crippen LogP contribution in [0.2, 0.25) is 0 Å². The lowest BCUT2D eigenvalue weighted by atomic mass is 10.0. The van der Waals surface area contributed by atoms with Crippen molar-refractivity contribution in [2.45, 2.75) is 25.3 Å². The van der Waals surface area contributed by atoms with E-state index in [4.69, 9.17) is 4.74 Å². The van der Waals surface area contributed by atoms with E-state index in [9.17, 15) is 9.90 Å². The van der Waals surface area contributed by atoms with Crippen molar-refractivity contribution in [1.29, 1.82) is 0 Å². The van der Waals surface area contributed by atoms with Gasteiger partial charge in [-0.3, -0.25) is 0 Å². The molecular weight excluding hydrogens is 276 g/mol. The van der Waals surface area contributed by atoms with Crippen LogP contribution in [0.1, 0.15) is 19.3 Å². The molecule has 2 aromatic rings. The molecule has 3 rings (SSSR count). The highest BCUT2D eigenvalue weighted by Gasteiger charge is 2.30. The van der Waals surface area contributed by atoms with E-state index in [0.29, 0.717) is 6.42 Å². The largest absolute Gasteiger partial charge is 0.497 e. The second-order valence-corrected chi connectivity index (χ2v) is 5.88. The molecule has 1 aliphatic rings. The number of rotatable bonds is 3. The Morgan fingerprint density at radius 3 is 3.10 bits per heavy atom. The van der Waals surface area contributed by atoms with E-state index in [2.05, 4.69) is 4.98 Å². The molecule has 1 aliphatic heterocycles. The highest BCUT2D eigenvalue weighted by atomic mass is 32.1. The Kier molecular flexibility index (Phi) is 3.48. The first-order chi connectivity index (χ1) is 9.69. The molecule has 0 spiro atoms. The first-order valence-corrected chi connectivity index (χ1v) is 7.45. The van der Waals surface area contributed by atoms with Gasteiger partial charge in [0.2, 0.25) is 0 Å². The molecule has 1 atom stereocenters. The topological polar surface area (TPSA) is 62.7 Å². The number of carboxylic acids is 1. The summed E-state index contributed by atoms with van der Waals surface area (Å²) in [5, 5.41) is 10.1. The number of benzene rings is 1. The van der Waals surface area contributed by atoms with E-state index in [1.165, 1.54) is 11.3 Å². The summed E-state index contributed by atoms with van der Waals surface area (Å²) in [6.45, 7) is 0.758. The van der Waals surface area contributed by atoms with E-state index in [1.807, 2.05) is 23.1 Å². The first kappa shape index (κ1) is 13.2. The van der Waals surface area contributed by atoms with E-state index in [1.54, 1.807) is 7.11 Å². The zero-order valence-electron chi connectivity index (χ0n) is 11.2. The van der Waals surface area contributed by atoms with Gasteiger partial charge in [0, 0.05) is 6.54 Å². The Labute approximate surface area is 120 Å². The molecule has 1 fully saturated rings. The molecule has 1 N–H and O–H groups in total. The van der Waals surface area contributed by atoms with Gasteiger partial charge in [-0.2, -0.15) is 0 Å². The molecule has 2 heterocycles. The fourth-order valence-corrected chi connectivity index (χ4v) is 3.63. The third kappa shape index (κ3) is 2.31. The number of hydrogen-bond donors (Lipinski definition) is 1. The smallest absolute Gasteiger partial charge is 0.326 e. The Morgan fingerprint density at radius 1 is 1.50 bits per heavy atom. The number of aromatic nitrogens is 1. The van der Waals surface area contributed by atoms with Crippen molar-refractivity contribution in [2.75, 3.05) is 18.6 Å². The molecule has 1 aromatic heterocycles. The summed E-state index contributed by atoms with van der Waals surface area (Å²) in [6.07, 6.45) is 2.67. The number of piperidine rings is 1. The third-order valence-corrected chi connectivity index (χ3v) is 4.67. The number of nitrogens with zero attached hydrogens (tertiary/aromatic N) is 2. The van der Waals surface area contributed by atoms with Crippen LogP contribution in [0.15, 0.2) is 18.2 Å². The van der Waals surface area contributed by atoms with Gasteiger partial charge in [0.25, 0.3) is 0 Å². The fourth-order valence-electron chi connectivity index (χ4n) is 2.56. The third-order valence-electron chi connectivity index (χ3n) is 3.62. The summed E-state index contributed by atoms with van der Waals surface area (Å²) < 4.78 is 6.23. The molecule has 106 valence electrons. The summed E-state index contributed by atoms with van der Waals surface area (Å²) >= 11 is 1.53. The second kappa shape index (κ2) is 5.28. The molecule has 0 amide bonds. The second-order valence-electron chi connectivity index (χ2n) is 4.87. The van der Waals surface area contributed by atoms with Gasteiger partial charge in [-0.15, -0.1) is 0 Å². The lowest BCUT2D eigenvalue weighted by molar-refractivity contribution is -0.139. The number of carboxylic acid groups (broad SMARTS) is 1. The van der Waals surface area contributed by atoms with Crippen LogP contribution < -0.4 is 9.64 Å². The SMILES string of the molecule is COc1ccc2nc(N3CCCCC3C(=O)O)sc2c1. The van der Waals surface area contributed by atoms with Crippen molar-refractivity contribution < 1.29 is 14.6 Å². The normalized spacial score (nSPS) is 19.2. The van der Waals surface area contributed by atoms with Gasteiger partial charge in [-0.25, -0.2) is 9.78 Å². The predicted octanol–water partition coefficient (Wildman–Crippen LogP) is 2.75. The molecule has 0 saturated carbocycles. The first-order valence-electron chi connectivity index (χ1n) is 6.63. The van der Waals surface area contributed by atoms with E-state index < -0.39 is 12.0 Å². The number of hydrogen-bond acceptors (Lipinski definition) is 5. The van der Waals surface area contributed by atoms with Crippen LogP contribution in [-0.4, -0.2) is 35.8 Å². The van der Waals surface area contributed by atoms with Crippen LogP contribution in [0, 0.1) is 0 Å². The minimum absolute atomic E-state index is 0.453. The average Bonchev–Trinajstić information content (AvgIpc) is 2.89. The lowest BCUT2D eigenvalue weighted by Gasteiger charge is -2.32. The van der Waals surface area contributed by atoms with Gasteiger partial charge in [0.1, 0.15) is 11.8 Å². The molecule has 6 heteroatoms. The molecule has 1 aromatic carbocycles. The van der Waals surface area contributed by atoms with Crippen molar-refractivity contribution >= 4 is 32.7 Å². The zero-order valence-corrected chi connectivity index (χ0v) is 12.0. The summed E-state index contributed by atoms with van der Waals surface area (Å²) in [7, 11) is 1.63. The Balaban J connectivity index is 1.97. The Bertz CT molecular complexity index is 640. The molecule has 0 bridgehead atoms. The number of thiazole rings is 1. The number of methoxy groups -OCH3 is 1. The molecule has 0 radical (unpaired) electrons. The summed E-state index contributed by atoms with van der Waals surface area (Å²) in [6, 6.07) is 5.27. The lowest BCUT2D eigenvalue weighted by Crippen LogP contribution is -2.44. The van der Waals surface area contributed by atoms with Crippen molar-refractivity contribution in [3.8, 4) is 5.75 Å². The molecule has 1 saturated heterocycles. The van der Waals surface area contributed by atoms with Gasteiger partial charge >= 0.3 is 5.97 Å². The quantitative estimate of drug-likeness (QED) is 0.942. The molecule has 20 heavy (non-hydrogen) atoms. The van der Waals surface area contributed by atoms with Crippen molar-refractivity contribution in [1.82, 2.24) is 4.98 Å². The number of ether oxygens (including phenoxy) is 1. The predicted molar refractivity (Wildman–Crippen MR) is 78.8 cm³/mol. The van der Waals surface area contributed by atoms with Gasteiger partial charge < -0.3 is 14.7 Å². The van der Waals surface area contributed by atoms with Crippen LogP contribution in [0.25, 0.3) is 10.2 Å². The molecule has 0 aliphatic carbocycles. The number of aliphatic carboxylic acids is 1. The molecular formula is C14H16N2O3S. The monoisotopic (exact) mass is 292 g/mol. The average molecular weight is 292 g/mol. The Morgan fingerprint density at radius 2 is 2.35 bits per heavy atom. The molecule has 5 nitrogen and oxygen atoms in total. The summed E-state index contributed by atoms with van der Waals surface area (Å²) in [5.41, 5.74) is 0.889. The maximum Gasteiger partial charge on any atom is 0.326 e. The fraction of sp³-hybridized carbons (Fsp3) is 0.429. The number of anilines is 1. The maximum atomic E-state index is 11.4. The van der Waals surface area contributed by atoms with Crippen LogP contribution in [0.3, 0.4) is 0 Å². The zero-order chi connectivity index (χ0) is 14.1. The number of carbonyl (C=O) groups is 1. The highest BCUT2D eigenvalue weighted by Crippen LogP contribution is 2.34. The van der Waals surface area contributed by atoms with E-state index in [-0.39, 0.29) is 0 Å². The van der Waals surface area contributed by atoms with E-state index >= 15 is 0 Å². The van der Waals surface area contributed by atoms with Gasteiger partial charge in [0.05, 0.1) is 17.3 Å². The van der Waals surface area contributed by atoms with Crippen LogP contribution in [0.5, 0.6) is 5.75 Å². The van der Waals surface area contributed by atoms with Gasteiger partial charge in [0.15, 0.2) is 5.13 Å². The van der Waals surface area contributed by atoms with Gasteiger partial charge in [-0.05, 0) is 37.5 Å². The maximum absolute atomic E-state index is 11.4.